The zero-order valence-electron chi connectivity index (χ0n) is 8.13. The summed E-state index contributed by atoms with van der Waals surface area (Å²) in [6.45, 7) is 3.21. The quantitative estimate of drug-likeness (QED) is 0.746. The van der Waals surface area contributed by atoms with Crippen molar-refractivity contribution in [3.8, 4) is 5.75 Å². The largest absolute Gasteiger partial charge is 0.496 e. The van der Waals surface area contributed by atoms with Crippen LogP contribution in [0.5, 0.6) is 5.75 Å². The van der Waals surface area contributed by atoms with E-state index in [0.717, 1.165) is 12.3 Å². The smallest absolute Gasteiger partial charge is 0.122 e. The van der Waals surface area contributed by atoms with Crippen LogP contribution in [0.25, 0.3) is 0 Å². The summed E-state index contributed by atoms with van der Waals surface area (Å²) in [6.07, 6.45) is 1.24. The van der Waals surface area contributed by atoms with Gasteiger partial charge in [0.1, 0.15) is 5.75 Å². The molecule has 1 aromatic carbocycles. The van der Waals surface area contributed by atoms with E-state index < -0.39 is 0 Å². The number of benzene rings is 1. The molecule has 0 bridgehead atoms. The van der Waals surface area contributed by atoms with Crippen molar-refractivity contribution in [3.63, 3.8) is 0 Å². The highest BCUT2D eigenvalue weighted by Gasteiger charge is 2.18. The highest BCUT2D eigenvalue weighted by Crippen LogP contribution is 2.27. The summed E-state index contributed by atoms with van der Waals surface area (Å²) in [5.74, 6) is 0.992. The van der Waals surface area contributed by atoms with Crippen LogP contribution in [-0.2, 0) is 0 Å². The van der Waals surface area contributed by atoms with Gasteiger partial charge in [-0.1, -0.05) is 12.1 Å². The summed E-state index contributed by atoms with van der Waals surface area (Å²) in [5.41, 5.74) is 2.54. The van der Waals surface area contributed by atoms with Crippen LogP contribution in [0.3, 0.4) is 0 Å². The van der Waals surface area contributed by atoms with Gasteiger partial charge in [-0.3, -0.25) is 0 Å². The molecule has 1 aliphatic heterocycles. The first kappa shape index (κ1) is 8.57. The molecule has 2 heteroatoms. The molecule has 0 radical (unpaired) electrons. The Hall–Kier alpha value is -1.02. The van der Waals surface area contributed by atoms with Gasteiger partial charge in [0.05, 0.1) is 7.11 Å². The molecule has 70 valence electrons. The standard InChI is InChI=1S/C11H15NO/c1-8-3-4-9(7-11(8)13-2)10-5-6-12-10/h3-4,7,10,12H,5-6H2,1-2H3/t10-/m0/s1. The second kappa shape index (κ2) is 3.38. The first-order chi connectivity index (χ1) is 6.31. The van der Waals surface area contributed by atoms with Crippen LogP contribution in [0.15, 0.2) is 18.2 Å². The molecule has 2 nitrogen and oxygen atoms in total. The molecule has 1 fully saturated rings. The molecule has 13 heavy (non-hydrogen) atoms. The molecule has 1 aromatic rings. The lowest BCUT2D eigenvalue weighted by atomic mass is 9.97. The summed E-state index contributed by atoms with van der Waals surface area (Å²) in [4.78, 5) is 0. The molecule has 0 aromatic heterocycles. The van der Waals surface area contributed by atoms with Crippen LogP contribution >= 0.6 is 0 Å². The molecule has 1 aliphatic rings. The van der Waals surface area contributed by atoms with Crippen LogP contribution < -0.4 is 10.1 Å². The Morgan fingerprint density at radius 1 is 1.46 bits per heavy atom. The van der Waals surface area contributed by atoms with Gasteiger partial charge >= 0.3 is 0 Å². The molecule has 0 unspecified atom stereocenters. The van der Waals surface area contributed by atoms with Crippen molar-refractivity contribution in [1.82, 2.24) is 5.32 Å². The van der Waals surface area contributed by atoms with Gasteiger partial charge in [-0.05, 0) is 37.1 Å². The van der Waals surface area contributed by atoms with E-state index in [4.69, 9.17) is 4.74 Å². The van der Waals surface area contributed by atoms with Crippen molar-refractivity contribution in [3.05, 3.63) is 29.3 Å². The number of hydrogen-bond acceptors (Lipinski definition) is 2. The lowest BCUT2D eigenvalue weighted by Gasteiger charge is -2.28. The number of hydrogen-bond donors (Lipinski definition) is 1. The average molecular weight is 177 g/mol. The molecular weight excluding hydrogens is 162 g/mol. The van der Waals surface area contributed by atoms with Crippen molar-refractivity contribution in [2.75, 3.05) is 13.7 Å². The summed E-state index contributed by atoms with van der Waals surface area (Å²) >= 11 is 0. The zero-order valence-corrected chi connectivity index (χ0v) is 8.13. The molecule has 1 atom stereocenters. The van der Waals surface area contributed by atoms with Gasteiger partial charge in [-0.15, -0.1) is 0 Å². The van der Waals surface area contributed by atoms with Gasteiger partial charge in [0.25, 0.3) is 0 Å². The Kier molecular flexibility index (Phi) is 2.23. The van der Waals surface area contributed by atoms with Crippen LogP contribution in [-0.4, -0.2) is 13.7 Å². The zero-order chi connectivity index (χ0) is 9.26. The van der Waals surface area contributed by atoms with Crippen molar-refractivity contribution in [2.24, 2.45) is 0 Å². The monoisotopic (exact) mass is 177 g/mol. The third-order valence-electron chi connectivity index (χ3n) is 2.66. The van der Waals surface area contributed by atoms with Crippen LogP contribution in [0.4, 0.5) is 0 Å². The van der Waals surface area contributed by atoms with Crippen molar-refractivity contribution in [1.29, 1.82) is 0 Å². The van der Waals surface area contributed by atoms with Crippen LogP contribution in [0.1, 0.15) is 23.6 Å². The summed E-state index contributed by atoms with van der Waals surface area (Å²) in [7, 11) is 1.72. The van der Waals surface area contributed by atoms with E-state index in [1.54, 1.807) is 7.11 Å². The minimum atomic E-state index is 0.550. The normalized spacial score (nSPS) is 20.9. The topological polar surface area (TPSA) is 21.3 Å². The molecule has 0 spiro atoms. The highest BCUT2D eigenvalue weighted by molar-refractivity contribution is 5.38. The van der Waals surface area contributed by atoms with Gasteiger partial charge < -0.3 is 10.1 Å². The number of rotatable bonds is 2. The molecular formula is C11H15NO. The maximum absolute atomic E-state index is 5.28. The van der Waals surface area contributed by atoms with Gasteiger partial charge in [-0.2, -0.15) is 0 Å². The lowest BCUT2D eigenvalue weighted by molar-refractivity contribution is 0.377. The van der Waals surface area contributed by atoms with Crippen LogP contribution in [0.2, 0.25) is 0 Å². The van der Waals surface area contributed by atoms with Gasteiger partial charge in [0, 0.05) is 6.04 Å². The first-order valence-corrected chi connectivity index (χ1v) is 4.69. The van der Waals surface area contributed by atoms with E-state index in [2.05, 4.69) is 30.4 Å². The molecule has 1 heterocycles. The maximum Gasteiger partial charge on any atom is 0.122 e. The summed E-state index contributed by atoms with van der Waals surface area (Å²) < 4.78 is 5.28. The van der Waals surface area contributed by atoms with Crippen molar-refractivity contribution in [2.45, 2.75) is 19.4 Å². The minimum Gasteiger partial charge on any atom is -0.496 e. The molecule has 1 N–H and O–H groups in total. The third-order valence-corrected chi connectivity index (χ3v) is 2.66. The highest BCUT2D eigenvalue weighted by atomic mass is 16.5. The Morgan fingerprint density at radius 3 is 2.77 bits per heavy atom. The fraction of sp³-hybridized carbons (Fsp3) is 0.455. The fourth-order valence-corrected chi connectivity index (χ4v) is 1.63. The van der Waals surface area contributed by atoms with E-state index >= 15 is 0 Å². The van der Waals surface area contributed by atoms with E-state index in [1.807, 2.05) is 0 Å². The Labute approximate surface area is 78.9 Å². The second-order valence-corrected chi connectivity index (χ2v) is 3.52. The average Bonchev–Trinajstić information content (AvgIpc) is 2.05. The van der Waals surface area contributed by atoms with Gasteiger partial charge in [0.15, 0.2) is 0 Å². The summed E-state index contributed by atoms with van der Waals surface area (Å²) in [5, 5.41) is 3.38. The number of aryl methyl sites for hydroxylation is 1. The Balaban J connectivity index is 2.26. The van der Waals surface area contributed by atoms with Crippen molar-refractivity contribution < 1.29 is 4.74 Å². The predicted molar refractivity (Wildman–Crippen MR) is 53.1 cm³/mol. The van der Waals surface area contributed by atoms with Gasteiger partial charge in [0.2, 0.25) is 0 Å². The lowest BCUT2D eigenvalue weighted by Crippen LogP contribution is -2.34. The molecule has 2 rings (SSSR count). The number of nitrogens with one attached hydrogen (secondary N) is 1. The van der Waals surface area contributed by atoms with E-state index in [-0.39, 0.29) is 0 Å². The van der Waals surface area contributed by atoms with Crippen LogP contribution in [0, 0.1) is 6.92 Å². The van der Waals surface area contributed by atoms with Gasteiger partial charge in [-0.25, -0.2) is 0 Å². The van der Waals surface area contributed by atoms with E-state index in [0.29, 0.717) is 6.04 Å². The molecule has 0 amide bonds. The molecule has 1 saturated heterocycles. The number of ether oxygens (including phenoxy) is 1. The number of methoxy groups -OCH3 is 1. The maximum atomic E-state index is 5.28. The Morgan fingerprint density at radius 2 is 2.23 bits per heavy atom. The van der Waals surface area contributed by atoms with Crippen molar-refractivity contribution >= 4 is 0 Å². The van der Waals surface area contributed by atoms with E-state index in [9.17, 15) is 0 Å². The Bertz CT molecular complexity index is 305. The second-order valence-electron chi connectivity index (χ2n) is 3.52. The van der Waals surface area contributed by atoms with E-state index in [1.165, 1.54) is 17.5 Å². The first-order valence-electron chi connectivity index (χ1n) is 4.69. The molecule has 0 saturated carbocycles. The summed E-state index contributed by atoms with van der Waals surface area (Å²) in [6, 6.07) is 6.98. The third kappa shape index (κ3) is 1.54. The molecule has 0 aliphatic carbocycles. The fourth-order valence-electron chi connectivity index (χ4n) is 1.63. The predicted octanol–water partition coefficient (Wildman–Crippen LogP) is 2.04. The minimum absolute atomic E-state index is 0.550. The SMILES string of the molecule is COc1cc([C@@H]2CCN2)ccc1C.